The van der Waals surface area contributed by atoms with E-state index in [1.54, 1.807) is 18.2 Å². The molecule has 6 heteroatoms. The molecular formula is C10H8F3N2O+. The van der Waals surface area contributed by atoms with Crippen molar-refractivity contribution in [2.45, 2.75) is 12.2 Å². The van der Waals surface area contributed by atoms with Crippen molar-refractivity contribution in [1.29, 1.82) is 0 Å². The third kappa shape index (κ3) is 2.05. The Labute approximate surface area is 89.1 Å². The summed E-state index contributed by atoms with van der Waals surface area (Å²) in [7, 11) is 0. The van der Waals surface area contributed by atoms with Crippen molar-refractivity contribution in [3.63, 3.8) is 0 Å². The SMILES string of the molecule is FC(F)(F)C(c1ccccc1)[n+]1ccon1. The monoisotopic (exact) mass is 229 g/mol. The van der Waals surface area contributed by atoms with E-state index in [0.717, 1.165) is 17.1 Å². The lowest BCUT2D eigenvalue weighted by molar-refractivity contribution is -0.796. The molecule has 0 bridgehead atoms. The minimum Gasteiger partial charge on any atom is -0.309 e. The molecule has 0 aliphatic heterocycles. The maximum absolute atomic E-state index is 12.9. The molecule has 84 valence electrons. The van der Waals surface area contributed by atoms with Gasteiger partial charge in [0.05, 0.1) is 0 Å². The number of aromatic nitrogens is 2. The van der Waals surface area contributed by atoms with Gasteiger partial charge in [-0.15, -0.1) is 0 Å². The van der Waals surface area contributed by atoms with E-state index in [4.69, 9.17) is 0 Å². The molecule has 16 heavy (non-hydrogen) atoms. The number of rotatable bonds is 2. The first-order chi connectivity index (χ1) is 7.59. The summed E-state index contributed by atoms with van der Waals surface area (Å²) in [6.45, 7) is 0. The quantitative estimate of drug-likeness (QED) is 0.738. The van der Waals surface area contributed by atoms with E-state index in [2.05, 4.69) is 9.79 Å². The van der Waals surface area contributed by atoms with Crippen molar-refractivity contribution >= 4 is 0 Å². The Morgan fingerprint density at radius 1 is 1.19 bits per heavy atom. The number of halogens is 3. The summed E-state index contributed by atoms with van der Waals surface area (Å²) in [5.41, 5.74) is 0.119. The van der Waals surface area contributed by atoms with Crippen LogP contribution in [0.1, 0.15) is 11.6 Å². The lowest BCUT2D eigenvalue weighted by Gasteiger charge is -2.11. The van der Waals surface area contributed by atoms with Crippen LogP contribution in [0.15, 0.2) is 47.3 Å². The van der Waals surface area contributed by atoms with Crippen LogP contribution in [-0.2, 0) is 0 Å². The van der Waals surface area contributed by atoms with E-state index in [0.29, 0.717) is 0 Å². The first-order valence-electron chi connectivity index (χ1n) is 4.52. The maximum atomic E-state index is 12.9. The van der Waals surface area contributed by atoms with Crippen molar-refractivity contribution in [2.75, 3.05) is 0 Å². The normalized spacial score (nSPS) is 13.7. The summed E-state index contributed by atoms with van der Waals surface area (Å²) in [5.74, 6) is 0. The van der Waals surface area contributed by atoms with Gasteiger partial charge in [-0.3, -0.25) is 0 Å². The number of nitrogens with zero attached hydrogens (tertiary/aromatic N) is 2. The molecule has 0 amide bonds. The Bertz CT molecular complexity index is 439. The van der Waals surface area contributed by atoms with Gasteiger partial charge in [0.25, 0.3) is 0 Å². The fourth-order valence-corrected chi connectivity index (χ4v) is 1.46. The van der Waals surface area contributed by atoms with Gasteiger partial charge in [0.15, 0.2) is 11.5 Å². The predicted molar refractivity (Wildman–Crippen MR) is 47.3 cm³/mol. The van der Waals surface area contributed by atoms with Gasteiger partial charge in [-0.25, -0.2) is 0 Å². The summed E-state index contributed by atoms with van der Waals surface area (Å²) < 4.78 is 43.8. The fraction of sp³-hybridized carbons (Fsp3) is 0.200. The number of hydrogen-bond donors (Lipinski definition) is 0. The molecule has 1 unspecified atom stereocenters. The molecule has 1 heterocycles. The van der Waals surface area contributed by atoms with Crippen molar-refractivity contribution in [2.24, 2.45) is 0 Å². The van der Waals surface area contributed by atoms with Crippen LogP contribution in [0.3, 0.4) is 0 Å². The van der Waals surface area contributed by atoms with Crippen LogP contribution in [0, 0.1) is 0 Å². The molecule has 0 saturated carbocycles. The molecule has 1 atom stereocenters. The molecule has 3 nitrogen and oxygen atoms in total. The first kappa shape index (κ1) is 10.7. The second kappa shape index (κ2) is 3.96. The Morgan fingerprint density at radius 3 is 2.38 bits per heavy atom. The molecule has 0 saturated heterocycles. The van der Waals surface area contributed by atoms with Gasteiger partial charge in [0.1, 0.15) is 0 Å². The first-order valence-corrected chi connectivity index (χ1v) is 4.52. The van der Waals surface area contributed by atoms with Crippen LogP contribution in [0.4, 0.5) is 13.2 Å². The molecule has 2 aromatic rings. The highest BCUT2D eigenvalue weighted by molar-refractivity contribution is 5.18. The third-order valence-electron chi connectivity index (χ3n) is 2.11. The summed E-state index contributed by atoms with van der Waals surface area (Å²) in [4.78, 5) is 0. The van der Waals surface area contributed by atoms with E-state index < -0.39 is 12.2 Å². The van der Waals surface area contributed by atoms with Gasteiger partial charge < -0.3 is 4.52 Å². The lowest BCUT2D eigenvalue weighted by Crippen LogP contribution is -2.49. The zero-order chi connectivity index (χ0) is 11.6. The van der Waals surface area contributed by atoms with Gasteiger partial charge in [0, 0.05) is 5.56 Å². The molecule has 0 N–H and O–H groups in total. The van der Waals surface area contributed by atoms with Gasteiger partial charge in [0.2, 0.25) is 6.20 Å². The topological polar surface area (TPSA) is 29.9 Å². The van der Waals surface area contributed by atoms with Crippen LogP contribution < -0.4 is 4.68 Å². The molecule has 0 aliphatic carbocycles. The van der Waals surface area contributed by atoms with Crippen LogP contribution in [0.25, 0.3) is 0 Å². The van der Waals surface area contributed by atoms with Crippen molar-refractivity contribution in [3.05, 3.63) is 48.4 Å². The Balaban J connectivity index is 2.45. The lowest BCUT2D eigenvalue weighted by atomic mass is 10.1. The average molecular weight is 229 g/mol. The third-order valence-corrected chi connectivity index (χ3v) is 2.11. The molecule has 1 aromatic heterocycles. The maximum Gasteiger partial charge on any atom is 0.459 e. The second-order valence-corrected chi connectivity index (χ2v) is 3.21. The predicted octanol–water partition coefficient (Wildman–Crippen LogP) is 2.11. The summed E-state index contributed by atoms with van der Waals surface area (Å²) in [6, 6.07) is 5.75. The van der Waals surface area contributed by atoms with Crippen LogP contribution >= 0.6 is 0 Å². The van der Waals surface area contributed by atoms with Gasteiger partial charge in [-0.2, -0.15) is 13.2 Å². The largest absolute Gasteiger partial charge is 0.459 e. The van der Waals surface area contributed by atoms with E-state index in [9.17, 15) is 13.2 Å². The van der Waals surface area contributed by atoms with Crippen molar-refractivity contribution in [3.8, 4) is 0 Å². The Hall–Kier alpha value is -1.85. The molecule has 0 aliphatic rings. The summed E-state index contributed by atoms with van der Waals surface area (Å²) in [5, 5.41) is 3.28. The van der Waals surface area contributed by atoms with Gasteiger partial charge >= 0.3 is 12.2 Å². The van der Waals surface area contributed by atoms with Gasteiger partial charge in [-0.1, -0.05) is 30.3 Å². The second-order valence-electron chi connectivity index (χ2n) is 3.21. The molecule has 0 radical (unpaired) electrons. The average Bonchev–Trinajstić information content (AvgIpc) is 2.71. The summed E-state index contributed by atoms with van der Waals surface area (Å²) >= 11 is 0. The van der Waals surface area contributed by atoms with Crippen LogP contribution in [-0.4, -0.2) is 11.4 Å². The fourth-order valence-electron chi connectivity index (χ4n) is 1.46. The Kier molecular flexibility index (Phi) is 2.64. The zero-order valence-electron chi connectivity index (χ0n) is 8.06. The smallest absolute Gasteiger partial charge is 0.309 e. The standard InChI is InChI=1S/C10H8F3N2O/c11-10(12,13)9(15-6-7-16-14-15)8-4-2-1-3-5-8/h1-7,9H/q+1. The van der Waals surface area contributed by atoms with Crippen molar-refractivity contribution < 1.29 is 22.4 Å². The van der Waals surface area contributed by atoms with E-state index in [1.165, 1.54) is 12.1 Å². The minimum absolute atomic E-state index is 0.119. The van der Waals surface area contributed by atoms with E-state index in [1.807, 2.05) is 0 Å². The van der Waals surface area contributed by atoms with E-state index in [-0.39, 0.29) is 5.56 Å². The van der Waals surface area contributed by atoms with Crippen LogP contribution in [0.5, 0.6) is 0 Å². The highest BCUT2D eigenvalue weighted by Crippen LogP contribution is 2.31. The van der Waals surface area contributed by atoms with Gasteiger partial charge in [-0.05, 0) is 4.68 Å². The summed E-state index contributed by atoms with van der Waals surface area (Å²) in [6.07, 6.45) is -2.17. The number of alkyl halides is 3. The highest BCUT2D eigenvalue weighted by Gasteiger charge is 2.50. The molecule has 2 rings (SSSR count). The van der Waals surface area contributed by atoms with Crippen molar-refractivity contribution in [1.82, 2.24) is 5.27 Å². The highest BCUT2D eigenvalue weighted by atomic mass is 19.4. The van der Waals surface area contributed by atoms with E-state index >= 15 is 0 Å². The molecule has 0 fully saturated rings. The molecule has 1 aromatic carbocycles. The molecular weight excluding hydrogens is 221 g/mol. The number of hydrogen-bond acceptors (Lipinski definition) is 2. The molecule has 0 spiro atoms. The zero-order valence-corrected chi connectivity index (χ0v) is 8.06. The minimum atomic E-state index is -4.41. The number of benzene rings is 1. The van der Waals surface area contributed by atoms with Crippen LogP contribution in [0.2, 0.25) is 0 Å². The Morgan fingerprint density at radius 2 is 1.88 bits per heavy atom.